The number of fused-ring (bicyclic) bond motifs is 1. The molecule has 0 aromatic heterocycles. The number of aryl methyl sites for hydroxylation is 1. The number of rotatable bonds is 1. The van der Waals surface area contributed by atoms with E-state index >= 15 is 0 Å². The van der Waals surface area contributed by atoms with Gasteiger partial charge in [-0.1, -0.05) is 29.8 Å². The van der Waals surface area contributed by atoms with Crippen molar-refractivity contribution in [3.05, 3.63) is 35.4 Å². The quantitative estimate of drug-likeness (QED) is 0.803. The molecule has 0 aliphatic carbocycles. The highest BCUT2D eigenvalue weighted by Crippen LogP contribution is 2.28. The second kappa shape index (κ2) is 5.00. The smallest absolute Gasteiger partial charge is 0.0479 e. The standard InChI is InChI=1S/C15H23N3/c1-12-3-5-13(6-4-12)15-11-17(2)10-14-9-16-7-8-18(14)15/h3-6,14-16H,7-11H2,1-2H3. The minimum atomic E-state index is 0.566. The normalized spacial score (nSPS) is 30.1. The van der Waals surface area contributed by atoms with Crippen molar-refractivity contribution < 1.29 is 0 Å². The van der Waals surface area contributed by atoms with E-state index in [1.165, 1.54) is 24.2 Å². The average Bonchev–Trinajstić information content (AvgIpc) is 2.38. The zero-order valence-electron chi connectivity index (χ0n) is 11.4. The Balaban J connectivity index is 1.86. The van der Waals surface area contributed by atoms with Crippen LogP contribution in [0.2, 0.25) is 0 Å². The summed E-state index contributed by atoms with van der Waals surface area (Å²) in [4.78, 5) is 5.17. The Hall–Kier alpha value is -0.900. The van der Waals surface area contributed by atoms with Crippen LogP contribution in [0, 0.1) is 6.92 Å². The number of nitrogens with zero attached hydrogens (tertiary/aromatic N) is 2. The van der Waals surface area contributed by atoms with Crippen molar-refractivity contribution in [2.24, 2.45) is 0 Å². The molecule has 0 amide bonds. The van der Waals surface area contributed by atoms with Crippen LogP contribution < -0.4 is 5.32 Å². The molecule has 2 aliphatic rings. The SMILES string of the molecule is Cc1ccc(C2CN(C)CC3CNCCN32)cc1. The second-order valence-electron chi connectivity index (χ2n) is 5.74. The van der Waals surface area contributed by atoms with E-state index in [9.17, 15) is 0 Å². The van der Waals surface area contributed by atoms with E-state index in [0.717, 1.165) is 19.6 Å². The van der Waals surface area contributed by atoms with Crippen LogP contribution in [-0.4, -0.2) is 55.6 Å². The van der Waals surface area contributed by atoms with Gasteiger partial charge in [-0.25, -0.2) is 0 Å². The van der Waals surface area contributed by atoms with Gasteiger partial charge in [0.1, 0.15) is 0 Å². The van der Waals surface area contributed by atoms with Crippen LogP contribution in [0.25, 0.3) is 0 Å². The van der Waals surface area contributed by atoms with Crippen LogP contribution in [0.4, 0.5) is 0 Å². The van der Waals surface area contributed by atoms with Gasteiger partial charge in [0, 0.05) is 44.8 Å². The Kier molecular flexibility index (Phi) is 3.37. The first-order chi connectivity index (χ1) is 8.74. The van der Waals surface area contributed by atoms with Crippen LogP contribution in [0.5, 0.6) is 0 Å². The number of hydrogen-bond acceptors (Lipinski definition) is 3. The summed E-state index contributed by atoms with van der Waals surface area (Å²) in [5.74, 6) is 0. The third kappa shape index (κ3) is 2.30. The topological polar surface area (TPSA) is 18.5 Å². The first kappa shape index (κ1) is 12.2. The minimum Gasteiger partial charge on any atom is -0.314 e. The van der Waals surface area contributed by atoms with Gasteiger partial charge in [0.15, 0.2) is 0 Å². The zero-order valence-corrected chi connectivity index (χ0v) is 11.4. The van der Waals surface area contributed by atoms with E-state index in [4.69, 9.17) is 0 Å². The lowest BCUT2D eigenvalue weighted by molar-refractivity contribution is 0.0194. The molecule has 0 saturated carbocycles. The van der Waals surface area contributed by atoms with Gasteiger partial charge in [-0.3, -0.25) is 4.90 Å². The van der Waals surface area contributed by atoms with E-state index in [2.05, 4.69) is 53.4 Å². The maximum absolute atomic E-state index is 3.52. The van der Waals surface area contributed by atoms with Crippen molar-refractivity contribution in [3.8, 4) is 0 Å². The lowest BCUT2D eigenvalue weighted by atomic mass is 9.97. The third-order valence-electron chi connectivity index (χ3n) is 4.27. The number of hydrogen-bond donors (Lipinski definition) is 1. The van der Waals surface area contributed by atoms with Gasteiger partial charge in [0.25, 0.3) is 0 Å². The molecule has 3 heteroatoms. The van der Waals surface area contributed by atoms with Crippen LogP contribution in [0.3, 0.4) is 0 Å². The molecule has 1 aromatic rings. The number of benzene rings is 1. The summed E-state index contributed by atoms with van der Waals surface area (Å²) in [7, 11) is 2.24. The lowest BCUT2D eigenvalue weighted by Gasteiger charge is -2.48. The Morgan fingerprint density at radius 3 is 2.72 bits per heavy atom. The first-order valence-electron chi connectivity index (χ1n) is 6.95. The summed E-state index contributed by atoms with van der Waals surface area (Å²) in [6.07, 6.45) is 0. The predicted molar refractivity (Wildman–Crippen MR) is 74.8 cm³/mol. The maximum Gasteiger partial charge on any atom is 0.0479 e. The molecular weight excluding hydrogens is 222 g/mol. The fourth-order valence-electron chi connectivity index (χ4n) is 3.28. The molecule has 2 heterocycles. The van der Waals surface area contributed by atoms with Gasteiger partial charge in [-0.2, -0.15) is 0 Å². The molecule has 3 nitrogen and oxygen atoms in total. The van der Waals surface area contributed by atoms with E-state index in [0.29, 0.717) is 12.1 Å². The van der Waals surface area contributed by atoms with Crippen molar-refractivity contribution in [3.63, 3.8) is 0 Å². The highest BCUT2D eigenvalue weighted by Gasteiger charge is 2.35. The molecular formula is C15H23N3. The Morgan fingerprint density at radius 2 is 1.94 bits per heavy atom. The molecule has 2 fully saturated rings. The Morgan fingerprint density at radius 1 is 1.17 bits per heavy atom. The van der Waals surface area contributed by atoms with E-state index < -0.39 is 0 Å². The molecule has 2 unspecified atom stereocenters. The Labute approximate surface area is 110 Å². The monoisotopic (exact) mass is 245 g/mol. The summed E-state index contributed by atoms with van der Waals surface area (Å²) in [6.45, 7) is 7.94. The van der Waals surface area contributed by atoms with Crippen molar-refractivity contribution >= 4 is 0 Å². The van der Waals surface area contributed by atoms with Gasteiger partial charge in [0.05, 0.1) is 0 Å². The molecule has 3 rings (SSSR count). The molecule has 98 valence electrons. The molecule has 1 aromatic carbocycles. The van der Waals surface area contributed by atoms with E-state index in [1.807, 2.05) is 0 Å². The van der Waals surface area contributed by atoms with Crippen LogP contribution in [0.15, 0.2) is 24.3 Å². The van der Waals surface area contributed by atoms with E-state index in [-0.39, 0.29) is 0 Å². The van der Waals surface area contributed by atoms with Gasteiger partial charge in [-0.15, -0.1) is 0 Å². The van der Waals surface area contributed by atoms with Crippen molar-refractivity contribution in [2.45, 2.75) is 19.0 Å². The van der Waals surface area contributed by atoms with E-state index in [1.54, 1.807) is 0 Å². The number of piperazine rings is 2. The summed E-state index contributed by atoms with van der Waals surface area (Å²) in [5, 5.41) is 3.52. The zero-order chi connectivity index (χ0) is 12.5. The molecule has 0 bridgehead atoms. The fourth-order valence-corrected chi connectivity index (χ4v) is 3.28. The molecule has 0 spiro atoms. The van der Waals surface area contributed by atoms with Crippen molar-refractivity contribution in [1.29, 1.82) is 0 Å². The minimum absolute atomic E-state index is 0.566. The highest BCUT2D eigenvalue weighted by atomic mass is 15.3. The fraction of sp³-hybridized carbons (Fsp3) is 0.600. The van der Waals surface area contributed by atoms with Crippen LogP contribution in [0.1, 0.15) is 17.2 Å². The highest BCUT2D eigenvalue weighted by molar-refractivity contribution is 5.25. The summed E-state index contributed by atoms with van der Waals surface area (Å²) >= 11 is 0. The molecule has 2 atom stereocenters. The van der Waals surface area contributed by atoms with Gasteiger partial charge < -0.3 is 10.2 Å². The van der Waals surface area contributed by atoms with Crippen LogP contribution >= 0.6 is 0 Å². The average molecular weight is 245 g/mol. The van der Waals surface area contributed by atoms with Gasteiger partial charge >= 0.3 is 0 Å². The molecule has 18 heavy (non-hydrogen) atoms. The number of nitrogens with one attached hydrogen (secondary N) is 1. The van der Waals surface area contributed by atoms with Gasteiger partial charge in [0.2, 0.25) is 0 Å². The molecule has 2 aliphatic heterocycles. The van der Waals surface area contributed by atoms with Gasteiger partial charge in [-0.05, 0) is 19.5 Å². The molecule has 1 N–H and O–H groups in total. The summed E-state index contributed by atoms with van der Waals surface area (Å²) in [5.41, 5.74) is 2.82. The second-order valence-corrected chi connectivity index (χ2v) is 5.74. The first-order valence-corrected chi connectivity index (χ1v) is 6.95. The summed E-state index contributed by atoms with van der Waals surface area (Å²) < 4.78 is 0. The van der Waals surface area contributed by atoms with Crippen LogP contribution in [-0.2, 0) is 0 Å². The van der Waals surface area contributed by atoms with Crippen molar-refractivity contribution in [1.82, 2.24) is 15.1 Å². The summed E-state index contributed by atoms with van der Waals surface area (Å²) in [6, 6.07) is 10.3. The lowest BCUT2D eigenvalue weighted by Crippen LogP contribution is -2.61. The largest absolute Gasteiger partial charge is 0.314 e. The third-order valence-corrected chi connectivity index (χ3v) is 4.27. The Bertz CT molecular complexity index is 401. The predicted octanol–water partition coefficient (Wildman–Crippen LogP) is 1.26. The maximum atomic E-state index is 3.52. The van der Waals surface area contributed by atoms with Crippen molar-refractivity contribution in [2.75, 3.05) is 39.8 Å². The molecule has 0 radical (unpaired) electrons. The number of likely N-dealkylation sites (N-methyl/N-ethyl adjacent to an activating group) is 1. The molecule has 2 saturated heterocycles.